The second kappa shape index (κ2) is 16.0. The van der Waals surface area contributed by atoms with E-state index in [-0.39, 0.29) is 18.7 Å². The Morgan fingerprint density at radius 1 is 0.862 bits per heavy atom. The van der Waals surface area contributed by atoms with E-state index in [1.165, 1.54) is 0 Å². The van der Waals surface area contributed by atoms with E-state index in [0.29, 0.717) is 38.8 Å². The fourth-order valence-electron chi connectivity index (χ4n) is 2.40. The summed E-state index contributed by atoms with van der Waals surface area (Å²) < 4.78 is 0. The Labute approximate surface area is 176 Å². The van der Waals surface area contributed by atoms with Crippen LogP contribution in [0.5, 0.6) is 0 Å². The Morgan fingerprint density at radius 3 is 1.97 bits per heavy atom. The number of unbranched alkanes of at least 4 members (excludes halogenated alkanes) is 2. The van der Waals surface area contributed by atoms with E-state index >= 15 is 0 Å². The zero-order valence-electron chi connectivity index (χ0n) is 16.6. The first-order valence-electron chi connectivity index (χ1n) is 9.63. The van der Waals surface area contributed by atoms with Crippen molar-refractivity contribution in [1.29, 1.82) is 0 Å². The van der Waals surface area contributed by atoms with Gasteiger partial charge in [-0.15, -0.1) is 0 Å². The van der Waals surface area contributed by atoms with Crippen LogP contribution >= 0.6 is 12.6 Å². The Morgan fingerprint density at radius 2 is 1.45 bits per heavy atom. The highest BCUT2D eigenvalue weighted by atomic mass is 32.1. The quantitative estimate of drug-likeness (QED) is 0.0975. The van der Waals surface area contributed by atoms with E-state index in [0.717, 1.165) is 6.42 Å². The summed E-state index contributed by atoms with van der Waals surface area (Å²) in [6.45, 7) is 0.581. The highest BCUT2D eigenvalue weighted by Crippen LogP contribution is 2.02. The molecule has 0 aliphatic heterocycles. The number of hydrogen-bond donors (Lipinski definition) is 8. The lowest BCUT2D eigenvalue weighted by molar-refractivity contribution is -0.142. The van der Waals surface area contributed by atoms with Crippen LogP contribution in [0.1, 0.15) is 38.5 Å². The number of thiol groups is 1. The summed E-state index contributed by atoms with van der Waals surface area (Å²) in [6, 6.07) is -2.87. The van der Waals surface area contributed by atoms with Gasteiger partial charge in [0.1, 0.15) is 12.1 Å². The highest BCUT2D eigenvalue weighted by Gasteiger charge is 2.25. The SMILES string of the molecule is NCCCCC(N)C(=O)NCC(=O)NC(CS)C(=O)NC(CCCCN)C(=O)O. The molecule has 0 heterocycles. The maximum absolute atomic E-state index is 12.3. The van der Waals surface area contributed by atoms with Crippen LogP contribution in [0.2, 0.25) is 0 Å². The minimum absolute atomic E-state index is 0.0424. The molecule has 0 aliphatic rings. The molecular formula is C17H34N6O5S. The Balaban J connectivity index is 4.49. The van der Waals surface area contributed by atoms with Gasteiger partial charge in [0.25, 0.3) is 0 Å². The molecule has 10 N–H and O–H groups in total. The average Bonchev–Trinajstić information content (AvgIpc) is 2.69. The Kier molecular flexibility index (Phi) is 14.9. The van der Waals surface area contributed by atoms with E-state index in [1.807, 2.05) is 0 Å². The van der Waals surface area contributed by atoms with Gasteiger partial charge < -0.3 is 38.3 Å². The smallest absolute Gasteiger partial charge is 0.326 e. The summed E-state index contributed by atoms with van der Waals surface area (Å²) in [5.74, 6) is -2.97. The van der Waals surface area contributed by atoms with Crippen LogP contribution in [-0.4, -0.2) is 72.3 Å². The summed E-state index contributed by atoms with van der Waals surface area (Å²) in [6.07, 6.45) is 3.32. The lowest BCUT2D eigenvalue weighted by Crippen LogP contribution is -2.54. The van der Waals surface area contributed by atoms with Crippen LogP contribution in [0, 0.1) is 0 Å². The first kappa shape index (κ1) is 27.1. The van der Waals surface area contributed by atoms with Gasteiger partial charge in [-0.2, -0.15) is 12.6 Å². The molecule has 0 rings (SSSR count). The van der Waals surface area contributed by atoms with Gasteiger partial charge in [0.15, 0.2) is 0 Å². The van der Waals surface area contributed by atoms with Crippen molar-refractivity contribution >= 4 is 36.3 Å². The van der Waals surface area contributed by atoms with Crippen molar-refractivity contribution in [3.05, 3.63) is 0 Å². The number of carboxylic acids is 1. The second-order valence-electron chi connectivity index (χ2n) is 6.60. The van der Waals surface area contributed by atoms with Crippen molar-refractivity contribution in [1.82, 2.24) is 16.0 Å². The van der Waals surface area contributed by atoms with Gasteiger partial charge in [0, 0.05) is 5.75 Å². The van der Waals surface area contributed by atoms with Crippen molar-refractivity contribution in [3.8, 4) is 0 Å². The third kappa shape index (κ3) is 12.3. The number of nitrogens with two attached hydrogens (primary N) is 3. The Bertz CT molecular complexity index is 536. The number of aliphatic carboxylic acids is 1. The maximum Gasteiger partial charge on any atom is 0.326 e. The van der Waals surface area contributed by atoms with Gasteiger partial charge >= 0.3 is 5.97 Å². The zero-order chi connectivity index (χ0) is 22.2. The van der Waals surface area contributed by atoms with Crippen LogP contribution in [0.3, 0.4) is 0 Å². The van der Waals surface area contributed by atoms with Crippen molar-refractivity contribution < 1.29 is 24.3 Å². The number of hydrogen-bond acceptors (Lipinski definition) is 8. The summed E-state index contributed by atoms with van der Waals surface area (Å²) in [5.41, 5.74) is 16.5. The van der Waals surface area contributed by atoms with Crippen LogP contribution in [-0.2, 0) is 19.2 Å². The monoisotopic (exact) mass is 434 g/mol. The topological polar surface area (TPSA) is 203 Å². The standard InChI is InChI=1S/C17H34N6O5S/c18-7-3-1-5-11(20)15(25)21-9-14(24)22-13(10-29)16(26)23-12(17(27)28)6-2-4-8-19/h11-13,29H,1-10,18-20H2,(H,21,25)(H,22,24)(H,23,26)(H,27,28). The number of amides is 3. The fraction of sp³-hybridized carbons (Fsp3) is 0.765. The summed E-state index contributed by atoms with van der Waals surface area (Å²) in [7, 11) is 0. The number of carboxylic acid groups (broad SMARTS) is 1. The molecule has 0 spiro atoms. The molecule has 11 nitrogen and oxygen atoms in total. The second-order valence-corrected chi connectivity index (χ2v) is 6.96. The number of carbonyl (C=O) groups excluding carboxylic acids is 3. The lowest BCUT2D eigenvalue weighted by Gasteiger charge is -2.20. The van der Waals surface area contributed by atoms with Crippen molar-refractivity contribution in [2.24, 2.45) is 17.2 Å². The molecule has 0 saturated carbocycles. The van der Waals surface area contributed by atoms with Gasteiger partial charge in [0.05, 0.1) is 12.6 Å². The highest BCUT2D eigenvalue weighted by molar-refractivity contribution is 7.80. The molecule has 0 aromatic rings. The number of rotatable bonds is 16. The van der Waals surface area contributed by atoms with Gasteiger partial charge in [0.2, 0.25) is 17.7 Å². The van der Waals surface area contributed by atoms with Crippen LogP contribution in [0.25, 0.3) is 0 Å². The largest absolute Gasteiger partial charge is 0.480 e. The third-order valence-electron chi connectivity index (χ3n) is 4.12. The molecule has 3 unspecified atom stereocenters. The molecule has 12 heteroatoms. The molecule has 168 valence electrons. The van der Waals surface area contributed by atoms with E-state index in [1.54, 1.807) is 0 Å². The lowest BCUT2D eigenvalue weighted by atomic mass is 10.1. The van der Waals surface area contributed by atoms with E-state index in [4.69, 9.17) is 17.2 Å². The fourth-order valence-corrected chi connectivity index (χ4v) is 2.66. The normalized spacial score (nSPS) is 13.8. The average molecular weight is 435 g/mol. The maximum atomic E-state index is 12.3. The van der Waals surface area contributed by atoms with Gasteiger partial charge in [-0.3, -0.25) is 14.4 Å². The van der Waals surface area contributed by atoms with Crippen molar-refractivity contribution in [2.75, 3.05) is 25.4 Å². The molecule has 3 atom stereocenters. The minimum Gasteiger partial charge on any atom is -0.480 e. The van der Waals surface area contributed by atoms with Gasteiger partial charge in [-0.1, -0.05) is 6.42 Å². The summed E-state index contributed by atoms with van der Waals surface area (Å²) in [4.78, 5) is 47.4. The van der Waals surface area contributed by atoms with Crippen LogP contribution in [0.4, 0.5) is 0 Å². The van der Waals surface area contributed by atoms with Crippen LogP contribution < -0.4 is 33.2 Å². The van der Waals surface area contributed by atoms with Crippen molar-refractivity contribution in [2.45, 2.75) is 56.7 Å². The predicted octanol–water partition coefficient (Wildman–Crippen LogP) is -2.33. The molecule has 3 amide bonds. The van der Waals surface area contributed by atoms with Crippen LogP contribution in [0.15, 0.2) is 0 Å². The first-order valence-corrected chi connectivity index (χ1v) is 10.3. The molecule has 0 radical (unpaired) electrons. The summed E-state index contributed by atoms with van der Waals surface area (Å²) >= 11 is 4.02. The zero-order valence-corrected chi connectivity index (χ0v) is 17.5. The minimum atomic E-state index is -1.17. The molecule has 0 aromatic carbocycles. The van der Waals surface area contributed by atoms with Gasteiger partial charge in [-0.25, -0.2) is 4.79 Å². The molecular weight excluding hydrogens is 400 g/mol. The number of carbonyl (C=O) groups is 4. The molecule has 0 fully saturated rings. The third-order valence-corrected chi connectivity index (χ3v) is 4.49. The molecule has 0 aromatic heterocycles. The van der Waals surface area contributed by atoms with E-state index in [9.17, 15) is 24.3 Å². The molecule has 29 heavy (non-hydrogen) atoms. The Hall–Kier alpha value is -1.89. The molecule has 0 saturated heterocycles. The first-order chi connectivity index (χ1) is 13.8. The summed E-state index contributed by atoms with van der Waals surface area (Å²) in [5, 5.41) is 16.4. The van der Waals surface area contributed by atoms with E-state index in [2.05, 4.69) is 28.6 Å². The number of nitrogens with one attached hydrogen (secondary N) is 3. The van der Waals surface area contributed by atoms with Crippen molar-refractivity contribution in [3.63, 3.8) is 0 Å². The molecule has 0 aliphatic carbocycles. The predicted molar refractivity (Wildman–Crippen MR) is 112 cm³/mol. The van der Waals surface area contributed by atoms with E-state index < -0.39 is 41.8 Å². The van der Waals surface area contributed by atoms with Gasteiger partial charge in [-0.05, 0) is 45.2 Å². The molecule has 0 bridgehead atoms.